The number of hydrogen-bond acceptors (Lipinski definition) is 3. The number of fused-ring (bicyclic) bond motifs is 1. The molecule has 1 saturated heterocycles. The average molecular weight is 349 g/mol. The molecule has 1 fully saturated rings. The zero-order valence-corrected chi connectivity index (χ0v) is 15.5. The first kappa shape index (κ1) is 17.1. The Balaban J connectivity index is 1.39. The second-order valence-electron chi connectivity index (χ2n) is 7.40. The van der Waals surface area contributed by atoms with Crippen molar-refractivity contribution in [1.82, 2.24) is 4.90 Å². The lowest BCUT2D eigenvalue weighted by Crippen LogP contribution is -2.44. The van der Waals surface area contributed by atoms with E-state index in [4.69, 9.17) is 0 Å². The van der Waals surface area contributed by atoms with Crippen LogP contribution in [-0.2, 0) is 11.2 Å². The lowest BCUT2D eigenvalue weighted by atomic mass is 10.1. The molecule has 0 aromatic heterocycles. The number of carbonyl (C=O) groups excluding carboxylic acids is 1. The smallest absolute Gasteiger partial charge is 0.241 e. The van der Waals surface area contributed by atoms with Crippen molar-refractivity contribution >= 4 is 17.3 Å². The molecule has 0 radical (unpaired) electrons. The van der Waals surface area contributed by atoms with Crippen molar-refractivity contribution in [2.24, 2.45) is 0 Å². The van der Waals surface area contributed by atoms with Gasteiger partial charge in [-0.15, -0.1) is 0 Å². The van der Waals surface area contributed by atoms with Crippen molar-refractivity contribution in [1.29, 1.82) is 0 Å². The topological polar surface area (TPSA) is 26.8 Å². The third-order valence-corrected chi connectivity index (χ3v) is 5.54. The van der Waals surface area contributed by atoms with Crippen LogP contribution in [0.25, 0.3) is 0 Å². The summed E-state index contributed by atoms with van der Waals surface area (Å²) >= 11 is 0. The molecule has 1 unspecified atom stereocenters. The number of rotatable bonds is 3. The minimum Gasteiger partial charge on any atom is -0.370 e. The summed E-state index contributed by atoms with van der Waals surface area (Å²) in [5.41, 5.74) is 3.67. The molecule has 2 aliphatic rings. The minimum absolute atomic E-state index is 0.232. The first-order chi connectivity index (χ1) is 12.7. The Morgan fingerprint density at radius 1 is 0.962 bits per heavy atom. The SMILES string of the molecule is CC1Cc2ccccc2N1C(=O)CN1CCCN(c2ccccc2)CC1. The van der Waals surface area contributed by atoms with E-state index in [1.165, 1.54) is 11.3 Å². The Morgan fingerprint density at radius 3 is 2.58 bits per heavy atom. The number of amides is 1. The molecule has 0 aliphatic carbocycles. The van der Waals surface area contributed by atoms with E-state index in [-0.39, 0.29) is 11.9 Å². The summed E-state index contributed by atoms with van der Waals surface area (Å²) in [6.07, 6.45) is 2.05. The molecule has 0 saturated carbocycles. The van der Waals surface area contributed by atoms with Crippen LogP contribution in [0, 0.1) is 0 Å². The van der Waals surface area contributed by atoms with Gasteiger partial charge in [-0.1, -0.05) is 36.4 Å². The molecule has 136 valence electrons. The monoisotopic (exact) mass is 349 g/mol. The van der Waals surface area contributed by atoms with Crippen LogP contribution in [0.4, 0.5) is 11.4 Å². The van der Waals surface area contributed by atoms with Gasteiger partial charge >= 0.3 is 0 Å². The van der Waals surface area contributed by atoms with Crippen LogP contribution in [0.2, 0.25) is 0 Å². The lowest BCUT2D eigenvalue weighted by Gasteiger charge is -2.27. The summed E-state index contributed by atoms with van der Waals surface area (Å²) in [6, 6.07) is 19.1. The van der Waals surface area contributed by atoms with E-state index in [9.17, 15) is 4.79 Å². The molecular formula is C22H27N3O. The summed E-state index contributed by atoms with van der Waals surface area (Å²) in [6.45, 7) is 6.61. The van der Waals surface area contributed by atoms with E-state index >= 15 is 0 Å². The van der Waals surface area contributed by atoms with Crippen LogP contribution in [-0.4, -0.2) is 49.6 Å². The molecule has 26 heavy (non-hydrogen) atoms. The normalized spacial score (nSPS) is 20.7. The molecule has 0 spiro atoms. The predicted octanol–water partition coefficient (Wildman–Crippen LogP) is 3.18. The van der Waals surface area contributed by atoms with Crippen molar-refractivity contribution in [3.8, 4) is 0 Å². The number of carbonyl (C=O) groups is 1. The fraction of sp³-hybridized carbons (Fsp3) is 0.409. The largest absolute Gasteiger partial charge is 0.370 e. The fourth-order valence-electron chi connectivity index (χ4n) is 4.24. The van der Waals surface area contributed by atoms with Crippen molar-refractivity contribution < 1.29 is 4.79 Å². The molecule has 4 rings (SSSR count). The molecule has 2 aromatic carbocycles. The first-order valence-electron chi connectivity index (χ1n) is 9.65. The Labute approximate surface area is 156 Å². The minimum atomic E-state index is 0.232. The maximum atomic E-state index is 13.0. The van der Waals surface area contributed by atoms with Gasteiger partial charge in [-0.05, 0) is 43.5 Å². The molecule has 0 N–H and O–H groups in total. The quantitative estimate of drug-likeness (QED) is 0.852. The molecule has 2 heterocycles. The second-order valence-corrected chi connectivity index (χ2v) is 7.40. The van der Waals surface area contributed by atoms with E-state index in [0.717, 1.165) is 44.7 Å². The zero-order chi connectivity index (χ0) is 17.9. The highest BCUT2D eigenvalue weighted by atomic mass is 16.2. The molecule has 1 amide bonds. The van der Waals surface area contributed by atoms with E-state index in [1.807, 2.05) is 11.0 Å². The Morgan fingerprint density at radius 2 is 1.73 bits per heavy atom. The lowest BCUT2D eigenvalue weighted by molar-refractivity contribution is -0.120. The molecule has 0 bridgehead atoms. The van der Waals surface area contributed by atoms with Crippen LogP contribution in [0.15, 0.2) is 54.6 Å². The van der Waals surface area contributed by atoms with Gasteiger partial charge in [0.1, 0.15) is 0 Å². The van der Waals surface area contributed by atoms with Gasteiger partial charge in [-0.25, -0.2) is 0 Å². The maximum absolute atomic E-state index is 13.0. The van der Waals surface area contributed by atoms with Gasteiger partial charge in [0.15, 0.2) is 0 Å². The van der Waals surface area contributed by atoms with E-state index < -0.39 is 0 Å². The first-order valence-corrected chi connectivity index (χ1v) is 9.65. The van der Waals surface area contributed by atoms with Crippen LogP contribution < -0.4 is 9.80 Å². The summed E-state index contributed by atoms with van der Waals surface area (Å²) < 4.78 is 0. The highest BCUT2D eigenvalue weighted by molar-refractivity contribution is 5.97. The van der Waals surface area contributed by atoms with Gasteiger partial charge in [0.25, 0.3) is 0 Å². The van der Waals surface area contributed by atoms with Gasteiger partial charge in [-0.3, -0.25) is 9.69 Å². The average Bonchev–Trinajstić information content (AvgIpc) is 2.83. The van der Waals surface area contributed by atoms with Crippen LogP contribution in [0.1, 0.15) is 18.9 Å². The van der Waals surface area contributed by atoms with E-state index in [0.29, 0.717) is 6.54 Å². The van der Waals surface area contributed by atoms with Crippen molar-refractivity contribution in [2.75, 3.05) is 42.5 Å². The number of para-hydroxylation sites is 2. The number of hydrogen-bond donors (Lipinski definition) is 0. The molecular weight excluding hydrogens is 322 g/mol. The van der Waals surface area contributed by atoms with Gasteiger partial charge in [0.05, 0.1) is 6.54 Å². The summed E-state index contributed by atoms with van der Waals surface area (Å²) in [7, 11) is 0. The summed E-state index contributed by atoms with van der Waals surface area (Å²) in [5, 5.41) is 0. The van der Waals surface area contributed by atoms with E-state index in [1.54, 1.807) is 0 Å². The zero-order valence-electron chi connectivity index (χ0n) is 15.5. The number of anilines is 2. The molecule has 4 heteroatoms. The Hall–Kier alpha value is -2.33. The molecule has 4 nitrogen and oxygen atoms in total. The maximum Gasteiger partial charge on any atom is 0.241 e. The van der Waals surface area contributed by atoms with Crippen LogP contribution in [0.3, 0.4) is 0 Å². The van der Waals surface area contributed by atoms with Gasteiger partial charge < -0.3 is 9.80 Å². The second kappa shape index (κ2) is 7.50. The third-order valence-electron chi connectivity index (χ3n) is 5.54. The van der Waals surface area contributed by atoms with Gasteiger partial charge in [0.2, 0.25) is 5.91 Å². The van der Waals surface area contributed by atoms with Gasteiger partial charge in [-0.2, -0.15) is 0 Å². The fourth-order valence-corrected chi connectivity index (χ4v) is 4.24. The Bertz CT molecular complexity index is 761. The summed E-state index contributed by atoms with van der Waals surface area (Å²) in [4.78, 5) is 19.8. The van der Waals surface area contributed by atoms with Crippen molar-refractivity contribution in [3.63, 3.8) is 0 Å². The van der Waals surface area contributed by atoms with Crippen LogP contribution >= 0.6 is 0 Å². The number of benzene rings is 2. The van der Waals surface area contributed by atoms with Crippen molar-refractivity contribution in [3.05, 3.63) is 60.2 Å². The predicted molar refractivity (Wildman–Crippen MR) is 107 cm³/mol. The van der Waals surface area contributed by atoms with Gasteiger partial charge in [0, 0.05) is 43.6 Å². The van der Waals surface area contributed by atoms with Crippen LogP contribution in [0.5, 0.6) is 0 Å². The molecule has 2 aliphatic heterocycles. The third kappa shape index (κ3) is 3.47. The molecule has 1 atom stereocenters. The Kier molecular flexibility index (Phi) is 4.93. The summed E-state index contributed by atoms with van der Waals surface area (Å²) in [5.74, 6) is 0.232. The van der Waals surface area contributed by atoms with E-state index in [2.05, 4.69) is 65.3 Å². The molecule has 2 aromatic rings. The highest BCUT2D eigenvalue weighted by Gasteiger charge is 2.31. The van der Waals surface area contributed by atoms with Crippen molar-refractivity contribution in [2.45, 2.75) is 25.8 Å². The standard InChI is InChI=1S/C22H27N3O/c1-18-16-19-8-5-6-11-21(19)25(18)22(26)17-23-12-7-13-24(15-14-23)20-9-3-2-4-10-20/h2-6,8-11,18H,7,12-17H2,1H3. The number of nitrogens with zero attached hydrogens (tertiary/aromatic N) is 3. The highest BCUT2D eigenvalue weighted by Crippen LogP contribution is 2.31.